The zero-order valence-corrected chi connectivity index (χ0v) is 12.8. The van der Waals surface area contributed by atoms with Gasteiger partial charge >= 0.3 is 0 Å². The number of hydrogen-bond acceptors (Lipinski definition) is 4. The molecule has 0 amide bonds. The smallest absolute Gasteiger partial charge is 0.246 e. The molecule has 1 aromatic rings. The van der Waals surface area contributed by atoms with E-state index in [0.29, 0.717) is 5.56 Å². The van der Waals surface area contributed by atoms with E-state index in [9.17, 15) is 12.8 Å². The lowest BCUT2D eigenvalue weighted by molar-refractivity contribution is 0.170. The summed E-state index contributed by atoms with van der Waals surface area (Å²) in [5.74, 6) is -0.781. The van der Waals surface area contributed by atoms with Crippen LogP contribution in [-0.4, -0.2) is 39.0 Å². The van der Waals surface area contributed by atoms with Crippen LogP contribution in [0.4, 0.5) is 4.39 Å². The second kappa shape index (κ2) is 7.12. The number of benzene rings is 1. The normalized spacial score (nSPS) is 12.3. The number of hydrogen-bond donors (Lipinski definition) is 1. The van der Waals surface area contributed by atoms with Crippen LogP contribution >= 0.6 is 0 Å². The van der Waals surface area contributed by atoms with Gasteiger partial charge in [-0.15, -0.1) is 0 Å². The Labute approximate surface area is 119 Å². The molecule has 114 valence electrons. The standard InChI is InChI=1S/C13H21FN2O3S/c1-10(2)16(6-7-19-3)20(17,18)13-5-4-11(9-15)8-12(13)14/h4-5,8,10H,6-7,9,15H2,1-3H3. The van der Waals surface area contributed by atoms with Crippen molar-refractivity contribution >= 4 is 10.0 Å². The van der Waals surface area contributed by atoms with Gasteiger partial charge in [0.1, 0.15) is 10.7 Å². The minimum atomic E-state index is -3.89. The number of nitrogens with two attached hydrogens (primary N) is 1. The molecule has 2 N–H and O–H groups in total. The van der Waals surface area contributed by atoms with Crippen molar-refractivity contribution in [3.63, 3.8) is 0 Å². The molecule has 0 bridgehead atoms. The number of methoxy groups -OCH3 is 1. The summed E-state index contributed by atoms with van der Waals surface area (Å²) in [6.45, 7) is 4.06. The van der Waals surface area contributed by atoms with Crippen molar-refractivity contribution in [2.24, 2.45) is 5.73 Å². The molecule has 0 aliphatic heterocycles. The van der Waals surface area contributed by atoms with Crippen molar-refractivity contribution in [1.29, 1.82) is 0 Å². The summed E-state index contributed by atoms with van der Waals surface area (Å²) >= 11 is 0. The fourth-order valence-electron chi connectivity index (χ4n) is 1.84. The van der Waals surface area contributed by atoms with E-state index in [4.69, 9.17) is 10.5 Å². The second-order valence-corrected chi connectivity index (χ2v) is 6.53. The molecular formula is C13H21FN2O3S. The van der Waals surface area contributed by atoms with Crippen LogP contribution in [0.3, 0.4) is 0 Å². The molecule has 1 aromatic carbocycles. The third-order valence-corrected chi connectivity index (χ3v) is 5.02. The van der Waals surface area contributed by atoms with Gasteiger partial charge in [-0.25, -0.2) is 12.8 Å². The lowest BCUT2D eigenvalue weighted by Gasteiger charge is -2.25. The van der Waals surface area contributed by atoms with Crippen molar-refractivity contribution in [1.82, 2.24) is 4.31 Å². The quantitative estimate of drug-likeness (QED) is 0.825. The Morgan fingerprint density at radius 3 is 2.50 bits per heavy atom. The van der Waals surface area contributed by atoms with Crippen molar-refractivity contribution in [2.45, 2.75) is 31.3 Å². The van der Waals surface area contributed by atoms with Gasteiger partial charge in [-0.3, -0.25) is 0 Å². The maximum absolute atomic E-state index is 14.0. The van der Waals surface area contributed by atoms with Gasteiger partial charge in [0.15, 0.2) is 0 Å². The zero-order chi connectivity index (χ0) is 15.3. The van der Waals surface area contributed by atoms with Crippen LogP contribution in [0.5, 0.6) is 0 Å². The van der Waals surface area contributed by atoms with Crippen LogP contribution in [0.15, 0.2) is 23.1 Å². The van der Waals surface area contributed by atoms with E-state index in [1.54, 1.807) is 13.8 Å². The second-order valence-electron chi connectivity index (χ2n) is 4.67. The van der Waals surface area contributed by atoms with Gasteiger partial charge in [-0.1, -0.05) is 6.07 Å². The van der Waals surface area contributed by atoms with E-state index >= 15 is 0 Å². The largest absolute Gasteiger partial charge is 0.383 e. The monoisotopic (exact) mass is 304 g/mol. The minimum Gasteiger partial charge on any atom is -0.383 e. The molecule has 20 heavy (non-hydrogen) atoms. The first-order valence-electron chi connectivity index (χ1n) is 6.33. The van der Waals surface area contributed by atoms with Crippen molar-refractivity contribution in [3.05, 3.63) is 29.6 Å². The Kier molecular flexibility index (Phi) is 6.07. The van der Waals surface area contributed by atoms with Gasteiger partial charge in [0.25, 0.3) is 0 Å². The molecule has 0 aliphatic rings. The first-order chi connectivity index (χ1) is 9.34. The molecule has 0 aromatic heterocycles. The number of ether oxygens (including phenoxy) is 1. The average Bonchev–Trinajstić information content (AvgIpc) is 2.37. The van der Waals surface area contributed by atoms with Crippen LogP contribution in [0, 0.1) is 5.82 Å². The first kappa shape index (κ1) is 17.0. The lowest BCUT2D eigenvalue weighted by atomic mass is 10.2. The van der Waals surface area contributed by atoms with E-state index in [1.807, 2.05) is 0 Å². The number of halogens is 1. The summed E-state index contributed by atoms with van der Waals surface area (Å²) < 4.78 is 45.1. The Balaban J connectivity index is 3.19. The zero-order valence-electron chi connectivity index (χ0n) is 12.0. The Morgan fingerprint density at radius 1 is 1.40 bits per heavy atom. The lowest BCUT2D eigenvalue weighted by Crippen LogP contribution is -2.39. The molecular weight excluding hydrogens is 283 g/mol. The molecule has 0 aliphatic carbocycles. The molecule has 0 radical (unpaired) electrons. The summed E-state index contributed by atoms with van der Waals surface area (Å²) in [5, 5.41) is 0. The highest BCUT2D eigenvalue weighted by molar-refractivity contribution is 7.89. The molecule has 0 atom stereocenters. The van der Waals surface area contributed by atoms with Gasteiger partial charge in [0, 0.05) is 26.2 Å². The molecule has 0 spiro atoms. The predicted molar refractivity (Wildman–Crippen MR) is 75.2 cm³/mol. The number of sulfonamides is 1. The van der Waals surface area contributed by atoms with E-state index in [-0.39, 0.29) is 30.6 Å². The highest BCUT2D eigenvalue weighted by atomic mass is 32.2. The van der Waals surface area contributed by atoms with Gasteiger partial charge in [-0.05, 0) is 31.5 Å². The predicted octanol–water partition coefficient (Wildman–Crippen LogP) is 1.33. The molecule has 0 fully saturated rings. The van der Waals surface area contributed by atoms with Crippen LogP contribution < -0.4 is 5.73 Å². The highest BCUT2D eigenvalue weighted by Crippen LogP contribution is 2.22. The summed E-state index contributed by atoms with van der Waals surface area (Å²) in [4.78, 5) is -0.334. The SMILES string of the molecule is COCCN(C(C)C)S(=O)(=O)c1ccc(CN)cc1F. The molecule has 0 heterocycles. The summed E-state index contributed by atoms with van der Waals surface area (Å²) in [5.41, 5.74) is 5.96. The fraction of sp³-hybridized carbons (Fsp3) is 0.538. The van der Waals surface area contributed by atoms with Crippen molar-refractivity contribution in [2.75, 3.05) is 20.3 Å². The molecule has 1 rings (SSSR count). The van der Waals surface area contributed by atoms with Gasteiger partial charge in [0.2, 0.25) is 10.0 Å². The van der Waals surface area contributed by atoms with Crippen molar-refractivity contribution in [3.8, 4) is 0 Å². The Hall–Kier alpha value is -1.02. The van der Waals surface area contributed by atoms with Crippen LogP contribution in [-0.2, 0) is 21.3 Å². The van der Waals surface area contributed by atoms with Crippen molar-refractivity contribution < 1.29 is 17.5 Å². The number of nitrogens with zero attached hydrogens (tertiary/aromatic N) is 1. The summed E-state index contributed by atoms with van der Waals surface area (Å²) in [7, 11) is -2.40. The topological polar surface area (TPSA) is 72.6 Å². The molecule has 0 unspecified atom stereocenters. The highest BCUT2D eigenvalue weighted by Gasteiger charge is 2.29. The maximum Gasteiger partial charge on any atom is 0.246 e. The van der Waals surface area contributed by atoms with E-state index < -0.39 is 15.8 Å². The molecule has 5 nitrogen and oxygen atoms in total. The fourth-order valence-corrected chi connectivity index (χ4v) is 3.51. The minimum absolute atomic E-state index is 0.162. The third kappa shape index (κ3) is 3.76. The Morgan fingerprint density at radius 2 is 2.05 bits per heavy atom. The van der Waals surface area contributed by atoms with E-state index in [1.165, 1.54) is 23.5 Å². The molecule has 0 saturated heterocycles. The Bertz CT molecular complexity index is 547. The van der Waals surface area contributed by atoms with Gasteiger partial charge in [-0.2, -0.15) is 4.31 Å². The van der Waals surface area contributed by atoms with Crippen LogP contribution in [0.25, 0.3) is 0 Å². The third-order valence-electron chi connectivity index (χ3n) is 2.91. The average molecular weight is 304 g/mol. The molecule has 7 heteroatoms. The van der Waals surface area contributed by atoms with Crippen LogP contribution in [0.2, 0.25) is 0 Å². The van der Waals surface area contributed by atoms with Gasteiger partial charge in [0.05, 0.1) is 6.61 Å². The van der Waals surface area contributed by atoms with E-state index in [2.05, 4.69) is 0 Å². The summed E-state index contributed by atoms with van der Waals surface area (Å²) in [6, 6.07) is 3.64. The van der Waals surface area contributed by atoms with E-state index in [0.717, 1.165) is 6.07 Å². The summed E-state index contributed by atoms with van der Waals surface area (Å²) in [6.07, 6.45) is 0. The first-order valence-corrected chi connectivity index (χ1v) is 7.77. The molecule has 0 saturated carbocycles. The maximum atomic E-state index is 14.0. The number of rotatable bonds is 7. The van der Waals surface area contributed by atoms with Crippen LogP contribution in [0.1, 0.15) is 19.4 Å². The van der Waals surface area contributed by atoms with Gasteiger partial charge < -0.3 is 10.5 Å².